The van der Waals surface area contributed by atoms with Crippen molar-refractivity contribution in [2.45, 2.75) is 19.8 Å². The average molecular weight is 247 g/mol. The maximum Gasteiger partial charge on any atom is 0.150 e. The van der Waals surface area contributed by atoms with Gasteiger partial charge in [0, 0.05) is 30.9 Å². The van der Waals surface area contributed by atoms with Gasteiger partial charge < -0.3 is 10.6 Å². The van der Waals surface area contributed by atoms with Gasteiger partial charge in [0.2, 0.25) is 0 Å². The maximum absolute atomic E-state index is 14.1. The predicted molar refractivity (Wildman–Crippen MR) is 74.3 cm³/mol. The second kappa shape index (κ2) is 5.21. The first kappa shape index (κ1) is 12.6. The average Bonchev–Trinajstić information content (AvgIpc) is 2.36. The Kier molecular flexibility index (Phi) is 3.65. The normalized spacial score (nSPS) is 10.8. The number of hydrogen-bond donors (Lipinski definition) is 1. The lowest BCUT2D eigenvalue weighted by atomic mass is 10.1. The minimum Gasteiger partial charge on any atom is -0.398 e. The Bertz CT molecular complexity index is 554. The molecule has 0 fully saturated rings. The van der Waals surface area contributed by atoms with Crippen molar-refractivity contribution in [3.63, 3.8) is 0 Å². The van der Waals surface area contributed by atoms with Crippen LogP contribution in [0.1, 0.15) is 19.8 Å². The second-order valence-corrected chi connectivity index (χ2v) is 4.47. The Labute approximate surface area is 106 Å². The molecular formula is C14H18FN3. The minimum atomic E-state index is -0.308. The van der Waals surface area contributed by atoms with Gasteiger partial charge in [-0.2, -0.15) is 0 Å². The van der Waals surface area contributed by atoms with Crippen LogP contribution < -0.4 is 10.6 Å². The number of nitrogens with zero attached hydrogens (tertiary/aromatic N) is 2. The highest BCUT2D eigenvalue weighted by Crippen LogP contribution is 2.31. The lowest BCUT2D eigenvalue weighted by Gasteiger charge is -2.21. The van der Waals surface area contributed by atoms with E-state index >= 15 is 0 Å². The van der Waals surface area contributed by atoms with Crippen molar-refractivity contribution in [3.8, 4) is 0 Å². The van der Waals surface area contributed by atoms with E-state index in [1.165, 1.54) is 6.07 Å². The third-order valence-electron chi connectivity index (χ3n) is 3.08. The third-order valence-corrected chi connectivity index (χ3v) is 3.08. The van der Waals surface area contributed by atoms with Gasteiger partial charge in [-0.25, -0.2) is 4.39 Å². The van der Waals surface area contributed by atoms with Crippen LogP contribution in [0.4, 0.5) is 15.8 Å². The zero-order chi connectivity index (χ0) is 13.1. The molecule has 1 aromatic heterocycles. The molecular weight excluding hydrogens is 229 g/mol. The van der Waals surface area contributed by atoms with Crippen molar-refractivity contribution in [2.24, 2.45) is 0 Å². The molecule has 0 amide bonds. The van der Waals surface area contributed by atoms with Crippen molar-refractivity contribution in [1.82, 2.24) is 4.98 Å². The van der Waals surface area contributed by atoms with Crippen molar-refractivity contribution >= 4 is 22.3 Å². The van der Waals surface area contributed by atoms with Gasteiger partial charge in [-0.3, -0.25) is 4.98 Å². The number of nitrogen functional groups attached to an aromatic ring is 1. The molecule has 0 bridgehead atoms. The summed E-state index contributed by atoms with van der Waals surface area (Å²) in [5, 5.41) is 0.803. The van der Waals surface area contributed by atoms with E-state index in [2.05, 4.69) is 11.9 Å². The highest BCUT2D eigenvalue weighted by atomic mass is 19.1. The van der Waals surface area contributed by atoms with Crippen LogP contribution in [0.15, 0.2) is 24.4 Å². The first-order chi connectivity index (χ1) is 8.65. The Hall–Kier alpha value is -1.84. The second-order valence-electron chi connectivity index (χ2n) is 4.47. The number of rotatable bonds is 4. The molecule has 96 valence electrons. The number of hydrogen-bond acceptors (Lipinski definition) is 3. The molecule has 1 aromatic carbocycles. The van der Waals surface area contributed by atoms with Gasteiger partial charge in [0.25, 0.3) is 0 Å². The molecule has 3 nitrogen and oxygen atoms in total. The van der Waals surface area contributed by atoms with Gasteiger partial charge >= 0.3 is 0 Å². The molecule has 1 heterocycles. The van der Waals surface area contributed by atoms with Gasteiger partial charge in [-0.05, 0) is 24.6 Å². The molecule has 0 aliphatic carbocycles. The standard InChI is InChI=1S/C14H18FN3/c1-3-4-8-18(2)14-11(15)9-12(16)10-6-5-7-17-13(10)14/h5-7,9H,3-4,8,16H2,1-2H3. The van der Waals surface area contributed by atoms with E-state index in [-0.39, 0.29) is 5.82 Å². The first-order valence-corrected chi connectivity index (χ1v) is 6.19. The summed E-state index contributed by atoms with van der Waals surface area (Å²) in [4.78, 5) is 6.18. The van der Waals surface area contributed by atoms with Gasteiger partial charge in [-0.1, -0.05) is 13.3 Å². The number of benzene rings is 1. The van der Waals surface area contributed by atoms with Crippen LogP contribution >= 0.6 is 0 Å². The number of pyridine rings is 1. The number of unbranched alkanes of at least 4 members (excludes halogenated alkanes) is 1. The van der Waals surface area contributed by atoms with Crippen molar-refractivity contribution in [1.29, 1.82) is 0 Å². The van der Waals surface area contributed by atoms with Crippen LogP contribution in [0.2, 0.25) is 0 Å². The topological polar surface area (TPSA) is 42.1 Å². The summed E-state index contributed by atoms with van der Waals surface area (Å²) >= 11 is 0. The highest BCUT2D eigenvalue weighted by molar-refractivity contribution is 5.98. The van der Waals surface area contributed by atoms with E-state index in [1.54, 1.807) is 6.20 Å². The molecule has 0 spiro atoms. The Morgan fingerprint density at radius 1 is 1.44 bits per heavy atom. The number of anilines is 2. The molecule has 0 aliphatic heterocycles. The van der Waals surface area contributed by atoms with Gasteiger partial charge in [0.1, 0.15) is 0 Å². The van der Waals surface area contributed by atoms with Crippen molar-refractivity contribution < 1.29 is 4.39 Å². The van der Waals surface area contributed by atoms with Crippen LogP contribution in [0.3, 0.4) is 0 Å². The molecule has 0 saturated heterocycles. The summed E-state index contributed by atoms with van der Waals surface area (Å²) in [6.07, 6.45) is 3.76. The Morgan fingerprint density at radius 3 is 2.94 bits per heavy atom. The van der Waals surface area contributed by atoms with Gasteiger partial charge in [-0.15, -0.1) is 0 Å². The van der Waals surface area contributed by atoms with Gasteiger partial charge in [0.05, 0.1) is 11.2 Å². The predicted octanol–water partition coefficient (Wildman–Crippen LogP) is 3.19. The minimum absolute atomic E-state index is 0.308. The van der Waals surface area contributed by atoms with Gasteiger partial charge in [0.15, 0.2) is 5.82 Å². The fraction of sp³-hybridized carbons (Fsp3) is 0.357. The third kappa shape index (κ3) is 2.23. The first-order valence-electron chi connectivity index (χ1n) is 6.19. The smallest absolute Gasteiger partial charge is 0.150 e. The number of halogens is 1. The SMILES string of the molecule is CCCCN(C)c1c(F)cc(N)c2cccnc12. The Morgan fingerprint density at radius 2 is 2.22 bits per heavy atom. The van der Waals surface area contributed by atoms with E-state index in [9.17, 15) is 4.39 Å². The summed E-state index contributed by atoms with van der Waals surface area (Å²) < 4.78 is 14.1. The molecule has 0 saturated carbocycles. The van der Waals surface area contributed by atoms with Crippen LogP contribution in [0, 0.1) is 5.82 Å². The number of nitrogens with two attached hydrogens (primary N) is 1. The van der Waals surface area contributed by atoms with Crippen LogP contribution in [0.25, 0.3) is 10.9 Å². The summed E-state index contributed by atoms with van der Waals surface area (Å²) in [6.45, 7) is 2.92. The lowest BCUT2D eigenvalue weighted by molar-refractivity contribution is 0.622. The number of fused-ring (bicyclic) bond motifs is 1. The molecule has 2 aromatic rings. The summed E-state index contributed by atoms with van der Waals surface area (Å²) in [6, 6.07) is 5.06. The quantitative estimate of drug-likeness (QED) is 0.844. The summed E-state index contributed by atoms with van der Waals surface area (Å²) in [7, 11) is 1.89. The molecule has 18 heavy (non-hydrogen) atoms. The molecule has 0 unspecified atom stereocenters. The largest absolute Gasteiger partial charge is 0.398 e. The molecule has 4 heteroatoms. The monoisotopic (exact) mass is 247 g/mol. The fourth-order valence-electron chi connectivity index (χ4n) is 2.09. The lowest BCUT2D eigenvalue weighted by Crippen LogP contribution is -2.20. The van der Waals surface area contributed by atoms with E-state index in [0.29, 0.717) is 16.9 Å². The summed E-state index contributed by atoms with van der Waals surface area (Å²) in [5.41, 5.74) is 7.43. The van der Waals surface area contributed by atoms with Crippen LogP contribution in [-0.4, -0.2) is 18.6 Å². The van der Waals surface area contributed by atoms with Crippen molar-refractivity contribution in [3.05, 3.63) is 30.2 Å². The molecule has 0 atom stereocenters. The maximum atomic E-state index is 14.1. The molecule has 0 radical (unpaired) electrons. The molecule has 2 rings (SSSR count). The highest BCUT2D eigenvalue weighted by Gasteiger charge is 2.15. The zero-order valence-corrected chi connectivity index (χ0v) is 10.8. The van der Waals surface area contributed by atoms with E-state index in [0.717, 1.165) is 24.8 Å². The fourth-order valence-corrected chi connectivity index (χ4v) is 2.09. The van der Waals surface area contributed by atoms with Crippen LogP contribution in [0.5, 0.6) is 0 Å². The molecule has 2 N–H and O–H groups in total. The van der Waals surface area contributed by atoms with E-state index in [1.807, 2.05) is 24.1 Å². The van der Waals surface area contributed by atoms with E-state index in [4.69, 9.17) is 5.73 Å². The zero-order valence-electron chi connectivity index (χ0n) is 10.8. The van der Waals surface area contributed by atoms with E-state index < -0.39 is 0 Å². The Balaban J connectivity index is 2.55. The number of aromatic nitrogens is 1. The van der Waals surface area contributed by atoms with Crippen molar-refractivity contribution in [2.75, 3.05) is 24.2 Å². The molecule has 0 aliphatic rings. The summed E-state index contributed by atoms with van der Waals surface area (Å²) in [5.74, 6) is -0.308. The van der Waals surface area contributed by atoms with Crippen LogP contribution in [-0.2, 0) is 0 Å².